The number of hydrogen-bond acceptors (Lipinski definition) is 4. The Kier molecular flexibility index (Phi) is 4.87. The average molecular weight is 318 g/mol. The fraction of sp³-hybridized carbons (Fsp3) is 0.167. The highest BCUT2D eigenvalue weighted by Gasteiger charge is 2.11. The van der Waals surface area contributed by atoms with Crippen LogP contribution in [0, 0.1) is 13.8 Å². The predicted octanol–water partition coefficient (Wildman–Crippen LogP) is 1.92. The number of aryl methyl sites for hydroxylation is 2. The van der Waals surface area contributed by atoms with Crippen LogP contribution in [-0.2, 0) is 20.2 Å². The Hall–Kier alpha value is -1.48. The van der Waals surface area contributed by atoms with E-state index < -0.39 is 20.2 Å². The van der Waals surface area contributed by atoms with Gasteiger partial charge in [-0.1, -0.05) is 18.2 Å². The summed E-state index contributed by atoms with van der Waals surface area (Å²) in [6, 6.07) is 7.33. The summed E-state index contributed by atoms with van der Waals surface area (Å²) < 4.78 is 62.9. The molecule has 0 atom stereocenters. The molecule has 0 fully saturated rings. The number of rotatable bonds is 2. The van der Waals surface area contributed by atoms with E-state index in [4.69, 9.17) is 9.11 Å². The Morgan fingerprint density at radius 3 is 1.90 bits per heavy atom. The highest BCUT2D eigenvalue weighted by Crippen LogP contribution is 2.14. The fourth-order valence-corrected chi connectivity index (χ4v) is 2.90. The maximum absolute atomic E-state index is 11.2. The molecule has 1 aromatic carbocycles. The Labute approximate surface area is 117 Å². The largest absolute Gasteiger partial charge is 0.294 e. The van der Waals surface area contributed by atoms with Crippen LogP contribution in [0.1, 0.15) is 11.1 Å². The molecule has 0 aliphatic heterocycles. The molecule has 0 aliphatic carbocycles. The van der Waals surface area contributed by atoms with Gasteiger partial charge < -0.3 is 0 Å². The van der Waals surface area contributed by atoms with Crippen molar-refractivity contribution < 1.29 is 25.9 Å². The standard InChI is InChI=1S/C12H14O6S2/c1-9-7-10(2)12(20(16,17)18)6-4-3-5-11(8-9)19(13,14)15/h3-8H,1-2H3,(H,13,14,15)(H,16,17,18). The first-order chi connectivity index (χ1) is 9.01. The van der Waals surface area contributed by atoms with Crippen molar-refractivity contribution >= 4 is 20.2 Å². The zero-order valence-electron chi connectivity index (χ0n) is 10.8. The van der Waals surface area contributed by atoms with Gasteiger partial charge in [0.25, 0.3) is 20.2 Å². The average Bonchev–Trinajstić information content (AvgIpc) is 2.23. The van der Waals surface area contributed by atoms with E-state index in [1.54, 1.807) is 0 Å². The molecule has 1 aromatic rings. The molecule has 0 spiro atoms. The van der Waals surface area contributed by atoms with Gasteiger partial charge in [-0.15, -0.1) is 0 Å². The third-order valence-electron chi connectivity index (χ3n) is 2.40. The summed E-state index contributed by atoms with van der Waals surface area (Å²) in [5, 5.41) is 0. The zero-order valence-corrected chi connectivity index (χ0v) is 12.4. The molecule has 1 rings (SSSR count). The van der Waals surface area contributed by atoms with Crippen molar-refractivity contribution in [1.29, 1.82) is 0 Å². The van der Waals surface area contributed by atoms with Gasteiger partial charge in [-0.2, -0.15) is 16.8 Å². The highest BCUT2D eigenvalue weighted by atomic mass is 32.2. The van der Waals surface area contributed by atoms with Gasteiger partial charge in [0, 0.05) is 0 Å². The van der Waals surface area contributed by atoms with E-state index in [9.17, 15) is 16.8 Å². The SMILES string of the molecule is Cc1cc(S(=O)(=O)O)ccccc(S(=O)(=O)O)c(C)c1. The summed E-state index contributed by atoms with van der Waals surface area (Å²) in [5.41, 5.74) is 0.638. The molecule has 6 nitrogen and oxygen atoms in total. The van der Waals surface area contributed by atoms with Gasteiger partial charge in [-0.05, 0) is 43.2 Å². The Morgan fingerprint density at radius 1 is 0.850 bits per heavy atom. The third kappa shape index (κ3) is 4.57. The summed E-state index contributed by atoms with van der Waals surface area (Å²) >= 11 is 0. The maximum atomic E-state index is 11.2. The lowest BCUT2D eigenvalue weighted by Gasteiger charge is -2.00. The fourth-order valence-electron chi connectivity index (χ4n) is 1.60. The van der Waals surface area contributed by atoms with Crippen LogP contribution in [0.25, 0.3) is 0 Å². The molecule has 0 amide bonds. The van der Waals surface area contributed by atoms with Crippen molar-refractivity contribution in [2.24, 2.45) is 0 Å². The van der Waals surface area contributed by atoms with Crippen LogP contribution in [0.3, 0.4) is 0 Å². The zero-order chi connectivity index (χ0) is 15.6. The molecular formula is C12H14O6S2. The van der Waals surface area contributed by atoms with Gasteiger partial charge in [-0.25, -0.2) is 0 Å². The van der Waals surface area contributed by atoms with Crippen LogP contribution in [-0.4, -0.2) is 25.9 Å². The summed E-state index contributed by atoms with van der Waals surface area (Å²) in [4.78, 5) is -0.607. The second kappa shape index (κ2) is 5.88. The summed E-state index contributed by atoms with van der Waals surface area (Å²) in [5.74, 6) is 0. The first-order valence-corrected chi connectivity index (χ1v) is 8.30. The monoisotopic (exact) mass is 318 g/mol. The quantitative estimate of drug-likeness (QED) is 0.806. The van der Waals surface area contributed by atoms with Gasteiger partial charge >= 0.3 is 0 Å². The van der Waals surface area contributed by atoms with Gasteiger partial charge in [0.1, 0.15) is 0 Å². The lowest BCUT2D eigenvalue weighted by Crippen LogP contribution is -2.00. The van der Waals surface area contributed by atoms with Gasteiger partial charge in [0.2, 0.25) is 0 Å². The van der Waals surface area contributed by atoms with E-state index in [1.165, 1.54) is 38.1 Å². The van der Waals surface area contributed by atoms with Crippen molar-refractivity contribution in [3.63, 3.8) is 0 Å². The molecule has 0 unspecified atom stereocenters. The van der Waals surface area contributed by atoms with Crippen LogP contribution in [0.5, 0.6) is 0 Å². The molecule has 0 saturated heterocycles. The molecule has 0 saturated carbocycles. The van der Waals surface area contributed by atoms with Crippen LogP contribution in [0.15, 0.2) is 46.2 Å². The van der Waals surface area contributed by atoms with Crippen molar-refractivity contribution in [3.8, 4) is 0 Å². The smallest absolute Gasteiger partial charge is 0.282 e. The van der Waals surface area contributed by atoms with Crippen molar-refractivity contribution in [2.45, 2.75) is 23.6 Å². The Morgan fingerprint density at radius 2 is 1.40 bits per heavy atom. The predicted molar refractivity (Wildman–Crippen MR) is 73.2 cm³/mol. The Balaban J connectivity index is 3.79. The molecular weight excluding hydrogens is 304 g/mol. The van der Waals surface area contributed by atoms with E-state index in [0.29, 0.717) is 5.56 Å². The van der Waals surface area contributed by atoms with Crippen LogP contribution >= 0.6 is 0 Å². The molecule has 2 N–H and O–H groups in total. The molecule has 8 heteroatoms. The van der Waals surface area contributed by atoms with Crippen molar-refractivity contribution in [1.82, 2.24) is 0 Å². The third-order valence-corrected chi connectivity index (χ3v) is 4.26. The van der Waals surface area contributed by atoms with E-state index in [1.807, 2.05) is 0 Å². The molecule has 0 bridgehead atoms. The molecule has 0 aliphatic rings. The number of hydrogen-bond donors (Lipinski definition) is 2. The van der Waals surface area contributed by atoms with Gasteiger partial charge in [0.05, 0.1) is 9.79 Å². The first-order valence-electron chi connectivity index (χ1n) is 5.42. The normalized spacial score (nSPS) is 11.8. The second-order valence-electron chi connectivity index (χ2n) is 4.15. The first kappa shape index (κ1) is 16.6. The van der Waals surface area contributed by atoms with Gasteiger partial charge in [0.15, 0.2) is 0 Å². The lowest BCUT2D eigenvalue weighted by atomic mass is 10.2. The van der Waals surface area contributed by atoms with E-state index in [0.717, 1.165) is 12.1 Å². The highest BCUT2D eigenvalue weighted by molar-refractivity contribution is 7.86. The Bertz CT molecular complexity index is 778. The second-order valence-corrected chi connectivity index (χ2v) is 6.96. The van der Waals surface area contributed by atoms with E-state index >= 15 is 0 Å². The van der Waals surface area contributed by atoms with E-state index in [2.05, 4.69) is 0 Å². The maximum Gasteiger partial charge on any atom is 0.294 e. The minimum atomic E-state index is -4.38. The van der Waals surface area contributed by atoms with Crippen LogP contribution in [0.2, 0.25) is 0 Å². The molecule has 0 heterocycles. The topological polar surface area (TPSA) is 109 Å². The van der Waals surface area contributed by atoms with E-state index in [-0.39, 0.29) is 15.4 Å². The molecule has 0 radical (unpaired) electrons. The summed E-state index contributed by atoms with van der Waals surface area (Å²) in [7, 11) is -8.75. The molecule has 110 valence electrons. The van der Waals surface area contributed by atoms with Crippen LogP contribution < -0.4 is 0 Å². The lowest BCUT2D eigenvalue weighted by molar-refractivity contribution is 0.480. The minimum Gasteiger partial charge on any atom is -0.282 e. The van der Waals surface area contributed by atoms with Crippen molar-refractivity contribution in [3.05, 3.63) is 47.5 Å². The summed E-state index contributed by atoms with van der Waals surface area (Å²) in [6.07, 6.45) is 0. The van der Waals surface area contributed by atoms with Crippen molar-refractivity contribution in [2.75, 3.05) is 0 Å². The minimum absolute atomic E-state index is 0.238. The van der Waals surface area contributed by atoms with Gasteiger partial charge in [-0.3, -0.25) is 9.11 Å². The van der Waals surface area contributed by atoms with Crippen LogP contribution in [0.4, 0.5) is 0 Å². The molecule has 0 aromatic heterocycles. The molecule has 20 heavy (non-hydrogen) atoms. The summed E-state index contributed by atoms with van der Waals surface area (Å²) in [6.45, 7) is 3.00.